The van der Waals surface area contributed by atoms with Gasteiger partial charge in [0.15, 0.2) is 5.78 Å². The van der Waals surface area contributed by atoms with Crippen molar-refractivity contribution in [2.75, 3.05) is 0 Å². The van der Waals surface area contributed by atoms with Gasteiger partial charge in [-0.3, -0.25) is 4.79 Å². The Morgan fingerprint density at radius 2 is 1.50 bits per heavy atom. The van der Waals surface area contributed by atoms with Crippen molar-refractivity contribution in [1.29, 1.82) is 0 Å². The fraction of sp³-hybridized carbons (Fsp3) is 0.0645. The summed E-state index contributed by atoms with van der Waals surface area (Å²) < 4.78 is 44.5. The smallest absolute Gasteiger partial charge is 0.241 e. The molecule has 0 spiro atoms. The van der Waals surface area contributed by atoms with Gasteiger partial charge in [-0.05, 0) is 48.0 Å². The monoisotopic (exact) mass is 525 g/mol. The van der Waals surface area contributed by atoms with E-state index in [9.17, 15) is 18.3 Å². The molecule has 0 fully saturated rings. The number of carbonyl (C=O) groups excluding carboxylic acids is 1. The van der Waals surface area contributed by atoms with Gasteiger partial charge in [-0.25, -0.2) is 12.8 Å². The zero-order valence-corrected chi connectivity index (χ0v) is 21.2. The van der Waals surface area contributed by atoms with Crippen molar-refractivity contribution in [3.8, 4) is 5.75 Å². The zero-order chi connectivity index (χ0) is 26.9. The largest absolute Gasteiger partial charge is 0.508 e. The lowest BCUT2D eigenvalue weighted by molar-refractivity contribution is 0.103. The van der Waals surface area contributed by atoms with Gasteiger partial charge in [0.1, 0.15) is 11.6 Å². The number of halogens is 1. The Bertz CT molecular complexity index is 1750. The number of rotatable bonds is 7. The molecule has 0 aromatic heterocycles. The third-order valence-electron chi connectivity index (χ3n) is 6.45. The Morgan fingerprint density at radius 1 is 0.816 bits per heavy atom. The van der Waals surface area contributed by atoms with Crippen LogP contribution >= 0.6 is 0 Å². The van der Waals surface area contributed by atoms with Gasteiger partial charge < -0.3 is 5.11 Å². The summed E-state index contributed by atoms with van der Waals surface area (Å²) in [6.45, 7) is 1.84. The number of phenols is 1. The summed E-state index contributed by atoms with van der Waals surface area (Å²) in [5.74, 6) is -1.01. The van der Waals surface area contributed by atoms with Crippen molar-refractivity contribution in [1.82, 2.24) is 4.72 Å². The van der Waals surface area contributed by atoms with Crippen LogP contribution in [0.3, 0.4) is 0 Å². The quantitative estimate of drug-likeness (QED) is 0.245. The highest BCUT2D eigenvalue weighted by molar-refractivity contribution is 7.89. The lowest BCUT2D eigenvalue weighted by Gasteiger charge is -2.23. The van der Waals surface area contributed by atoms with Crippen molar-refractivity contribution in [2.45, 2.75) is 17.9 Å². The van der Waals surface area contributed by atoms with Gasteiger partial charge >= 0.3 is 0 Å². The topological polar surface area (TPSA) is 83.5 Å². The Balaban J connectivity index is 1.66. The molecule has 5 nitrogen and oxygen atoms in total. The van der Waals surface area contributed by atoms with Crippen LogP contribution in [0, 0.1) is 12.7 Å². The summed E-state index contributed by atoms with van der Waals surface area (Å²) in [6.07, 6.45) is 0. The molecule has 7 heteroatoms. The first-order valence-corrected chi connectivity index (χ1v) is 13.4. The Kier molecular flexibility index (Phi) is 6.80. The zero-order valence-electron chi connectivity index (χ0n) is 20.4. The second-order valence-corrected chi connectivity index (χ2v) is 10.7. The minimum Gasteiger partial charge on any atom is -0.508 e. The molecule has 0 aliphatic heterocycles. The molecule has 0 aliphatic rings. The van der Waals surface area contributed by atoms with Crippen molar-refractivity contribution in [3.05, 3.63) is 143 Å². The SMILES string of the molecule is Cc1ccc(S(=O)(=O)NC(c2ccccc2F)c2c(O)ccc3cc(C(=O)c4ccccc4)ccc23)cc1. The number of aryl methyl sites for hydroxylation is 1. The predicted molar refractivity (Wildman–Crippen MR) is 145 cm³/mol. The summed E-state index contributed by atoms with van der Waals surface area (Å²) in [7, 11) is -4.11. The minimum atomic E-state index is -4.11. The number of phenolic OH excluding ortho intramolecular Hbond substituents is 1. The number of nitrogens with one attached hydrogen (secondary N) is 1. The molecule has 0 aliphatic carbocycles. The first kappa shape index (κ1) is 25.3. The summed E-state index contributed by atoms with van der Waals surface area (Å²) in [5.41, 5.74) is 2.09. The summed E-state index contributed by atoms with van der Waals surface area (Å²) >= 11 is 0. The van der Waals surface area contributed by atoms with Crippen LogP contribution in [0.1, 0.15) is 38.7 Å². The van der Waals surface area contributed by atoms with E-state index in [4.69, 9.17) is 0 Å². The highest BCUT2D eigenvalue weighted by atomic mass is 32.2. The standard InChI is InChI=1S/C31H24FNO4S/c1-20-11-15-24(16-12-20)38(36,37)33-30(26-9-5-6-10-27(26)32)29-25-17-13-23(19-22(25)14-18-28(29)34)31(35)21-7-3-2-4-8-21/h2-19,30,33-34H,1H3. The van der Waals surface area contributed by atoms with Crippen LogP contribution in [0.4, 0.5) is 4.39 Å². The second kappa shape index (κ2) is 10.2. The maximum atomic E-state index is 15.1. The van der Waals surface area contributed by atoms with Crippen molar-refractivity contribution < 1.29 is 22.7 Å². The van der Waals surface area contributed by atoms with Crippen LogP contribution in [0.5, 0.6) is 5.75 Å². The number of benzene rings is 5. The molecule has 0 heterocycles. The van der Waals surface area contributed by atoms with Crippen LogP contribution in [-0.4, -0.2) is 19.3 Å². The van der Waals surface area contributed by atoms with E-state index in [0.717, 1.165) is 5.56 Å². The number of aromatic hydroxyl groups is 1. The molecule has 0 saturated carbocycles. The molecule has 0 bridgehead atoms. The third-order valence-corrected chi connectivity index (χ3v) is 7.88. The molecule has 190 valence electrons. The van der Waals surface area contributed by atoms with Gasteiger partial charge in [0.2, 0.25) is 10.0 Å². The van der Waals surface area contributed by atoms with E-state index in [1.54, 1.807) is 66.7 Å². The highest BCUT2D eigenvalue weighted by Crippen LogP contribution is 2.38. The van der Waals surface area contributed by atoms with E-state index in [2.05, 4.69) is 4.72 Å². The van der Waals surface area contributed by atoms with Crippen molar-refractivity contribution >= 4 is 26.6 Å². The molecule has 2 N–H and O–H groups in total. The number of sulfonamides is 1. The van der Waals surface area contributed by atoms with Gasteiger partial charge in [0, 0.05) is 22.3 Å². The van der Waals surface area contributed by atoms with Crippen LogP contribution in [0.15, 0.2) is 114 Å². The fourth-order valence-corrected chi connectivity index (χ4v) is 5.66. The van der Waals surface area contributed by atoms with E-state index in [1.807, 2.05) is 13.0 Å². The molecule has 1 unspecified atom stereocenters. The van der Waals surface area contributed by atoms with Crippen molar-refractivity contribution in [2.24, 2.45) is 0 Å². The average Bonchev–Trinajstić information content (AvgIpc) is 2.92. The van der Waals surface area contributed by atoms with Gasteiger partial charge in [0.05, 0.1) is 10.9 Å². The van der Waals surface area contributed by atoms with E-state index in [-0.39, 0.29) is 27.6 Å². The first-order valence-electron chi connectivity index (χ1n) is 11.9. The van der Waals surface area contributed by atoms with E-state index >= 15 is 4.39 Å². The molecule has 5 rings (SSSR count). The Morgan fingerprint density at radius 3 is 2.21 bits per heavy atom. The van der Waals surface area contributed by atoms with E-state index in [1.165, 1.54) is 36.4 Å². The molecular formula is C31H24FNO4S. The minimum absolute atomic E-state index is 0.0138. The predicted octanol–water partition coefficient (Wildman–Crippen LogP) is 6.29. The number of hydrogen-bond donors (Lipinski definition) is 2. The fourth-order valence-electron chi connectivity index (χ4n) is 4.47. The van der Waals surface area contributed by atoms with Crippen LogP contribution in [-0.2, 0) is 10.0 Å². The Labute approximate surface area is 220 Å². The van der Waals surface area contributed by atoms with Crippen molar-refractivity contribution in [3.63, 3.8) is 0 Å². The van der Waals surface area contributed by atoms with Gasteiger partial charge in [-0.15, -0.1) is 0 Å². The first-order chi connectivity index (χ1) is 18.2. The van der Waals surface area contributed by atoms with Gasteiger partial charge in [-0.2, -0.15) is 4.72 Å². The lowest BCUT2D eigenvalue weighted by Crippen LogP contribution is -2.30. The highest BCUT2D eigenvalue weighted by Gasteiger charge is 2.29. The average molecular weight is 526 g/mol. The number of ketones is 1. The molecule has 5 aromatic rings. The summed E-state index contributed by atoms with van der Waals surface area (Å²) in [6, 6.07) is 27.7. The maximum absolute atomic E-state index is 15.1. The molecule has 1 atom stereocenters. The van der Waals surface area contributed by atoms with Crippen LogP contribution in [0.25, 0.3) is 10.8 Å². The van der Waals surface area contributed by atoms with Gasteiger partial charge in [0.25, 0.3) is 0 Å². The maximum Gasteiger partial charge on any atom is 0.241 e. The molecule has 0 saturated heterocycles. The van der Waals surface area contributed by atoms with E-state index in [0.29, 0.717) is 21.9 Å². The van der Waals surface area contributed by atoms with Crippen LogP contribution < -0.4 is 4.72 Å². The molecule has 0 radical (unpaired) electrons. The van der Waals surface area contributed by atoms with Gasteiger partial charge in [-0.1, -0.05) is 84.4 Å². The number of fused-ring (bicyclic) bond motifs is 1. The third kappa shape index (κ3) is 4.94. The summed E-state index contributed by atoms with van der Waals surface area (Å²) in [5, 5.41) is 12.0. The molecule has 0 amide bonds. The van der Waals surface area contributed by atoms with Crippen LogP contribution in [0.2, 0.25) is 0 Å². The number of hydrogen-bond acceptors (Lipinski definition) is 4. The second-order valence-electron chi connectivity index (χ2n) is 9.02. The molecule has 38 heavy (non-hydrogen) atoms. The summed E-state index contributed by atoms with van der Waals surface area (Å²) in [4.78, 5) is 13.0. The van der Waals surface area contributed by atoms with E-state index < -0.39 is 21.9 Å². The molecule has 5 aromatic carbocycles. The number of carbonyl (C=O) groups is 1. The normalized spacial score (nSPS) is 12.4. The lowest BCUT2D eigenvalue weighted by atomic mass is 9.91. The Hall–Kier alpha value is -4.33. The molecular weight excluding hydrogens is 501 g/mol.